The second-order valence-electron chi connectivity index (χ2n) is 10.4. The van der Waals surface area contributed by atoms with Crippen molar-refractivity contribution in [1.82, 2.24) is 10.0 Å². The van der Waals surface area contributed by atoms with Gasteiger partial charge in [-0.25, -0.2) is 13.1 Å². The van der Waals surface area contributed by atoms with E-state index in [0.717, 1.165) is 34.5 Å². The standard InChI is InChI=1S/C31H35N3O3S/c1-3-22-8-7-11-25(18-22)30-20-26-19-28(16-17-29(26)33-30)38(36,37)34-27-14-12-24(13-15-27)31(35)32-21(2)23-9-5-4-6-10-23/h4-11,16-19,21,24,27,34H,3,12-15,20H2,1-2H3,(H,32,35)/t21-,24?,27?/m1/s1. The van der Waals surface area contributed by atoms with Crippen LogP contribution in [-0.2, 0) is 27.7 Å². The van der Waals surface area contributed by atoms with Gasteiger partial charge in [0.25, 0.3) is 0 Å². The average molecular weight is 530 g/mol. The zero-order valence-electron chi connectivity index (χ0n) is 22.0. The molecule has 1 atom stereocenters. The van der Waals surface area contributed by atoms with Gasteiger partial charge in [-0.2, -0.15) is 0 Å². The van der Waals surface area contributed by atoms with Crippen molar-refractivity contribution < 1.29 is 13.2 Å². The highest BCUT2D eigenvalue weighted by molar-refractivity contribution is 7.89. The number of rotatable bonds is 8. The van der Waals surface area contributed by atoms with E-state index < -0.39 is 10.0 Å². The summed E-state index contributed by atoms with van der Waals surface area (Å²) < 4.78 is 29.3. The normalized spacial score (nSPS) is 19.9. The largest absolute Gasteiger partial charge is 0.349 e. The molecule has 0 aromatic heterocycles. The number of benzene rings is 3. The highest BCUT2D eigenvalue weighted by Crippen LogP contribution is 2.32. The SMILES string of the molecule is CCc1cccc(C2=Nc3ccc(S(=O)(=O)NC4CCC(C(=O)N[C@H](C)c5ccccc5)CC4)cc3C2)c1. The predicted octanol–water partition coefficient (Wildman–Crippen LogP) is 5.64. The van der Waals surface area contributed by atoms with E-state index in [1.807, 2.05) is 43.3 Å². The maximum atomic E-state index is 13.2. The first-order valence-corrected chi connectivity index (χ1v) is 15.0. The molecule has 2 N–H and O–H groups in total. The fourth-order valence-electron chi connectivity index (χ4n) is 5.40. The summed E-state index contributed by atoms with van der Waals surface area (Å²) in [5.41, 5.74) is 6.14. The molecule has 0 spiro atoms. The van der Waals surface area contributed by atoms with Crippen LogP contribution in [0.1, 0.15) is 67.8 Å². The molecule has 1 aliphatic carbocycles. The van der Waals surface area contributed by atoms with Gasteiger partial charge in [-0.15, -0.1) is 0 Å². The Bertz CT molecular complexity index is 1440. The molecule has 0 saturated heterocycles. The third-order valence-electron chi connectivity index (χ3n) is 7.72. The van der Waals surface area contributed by atoms with Crippen molar-refractivity contribution in [2.24, 2.45) is 10.9 Å². The Balaban J connectivity index is 1.17. The van der Waals surface area contributed by atoms with Gasteiger partial charge in [0, 0.05) is 18.4 Å². The van der Waals surface area contributed by atoms with Crippen molar-refractivity contribution in [1.29, 1.82) is 0 Å². The number of nitrogens with zero attached hydrogens (tertiary/aromatic N) is 1. The molecule has 2 aliphatic rings. The molecule has 1 heterocycles. The van der Waals surface area contributed by atoms with Crippen LogP contribution >= 0.6 is 0 Å². The van der Waals surface area contributed by atoms with E-state index >= 15 is 0 Å². The molecule has 1 amide bonds. The summed E-state index contributed by atoms with van der Waals surface area (Å²) in [4.78, 5) is 17.8. The number of carbonyl (C=O) groups is 1. The molecule has 1 fully saturated rings. The van der Waals surface area contributed by atoms with E-state index in [-0.39, 0.29) is 28.8 Å². The minimum Gasteiger partial charge on any atom is -0.349 e. The fraction of sp³-hybridized carbons (Fsp3) is 0.355. The first-order chi connectivity index (χ1) is 18.3. The predicted molar refractivity (Wildman–Crippen MR) is 151 cm³/mol. The summed E-state index contributed by atoms with van der Waals surface area (Å²) in [6.45, 7) is 4.11. The van der Waals surface area contributed by atoms with Crippen LogP contribution < -0.4 is 10.0 Å². The van der Waals surface area contributed by atoms with Gasteiger partial charge in [-0.05, 0) is 85.5 Å². The Hall–Kier alpha value is -3.29. The second kappa shape index (κ2) is 11.2. The summed E-state index contributed by atoms with van der Waals surface area (Å²) in [6.07, 6.45) is 4.19. The van der Waals surface area contributed by atoms with E-state index in [4.69, 9.17) is 4.99 Å². The lowest BCUT2D eigenvalue weighted by atomic mass is 9.85. The second-order valence-corrected chi connectivity index (χ2v) is 12.1. The van der Waals surface area contributed by atoms with Crippen molar-refractivity contribution in [2.75, 3.05) is 0 Å². The number of aryl methyl sites for hydroxylation is 1. The highest BCUT2D eigenvalue weighted by atomic mass is 32.2. The van der Waals surface area contributed by atoms with Crippen LogP contribution in [0.25, 0.3) is 0 Å². The van der Waals surface area contributed by atoms with Crippen LogP contribution in [0.5, 0.6) is 0 Å². The van der Waals surface area contributed by atoms with Gasteiger partial charge in [-0.3, -0.25) is 9.79 Å². The third-order valence-corrected chi connectivity index (χ3v) is 9.24. The number of hydrogen-bond donors (Lipinski definition) is 2. The molecule has 0 unspecified atom stereocenters. The Morgan fingerprint density at radius 3 is 2.47 bits per heavy atom. The number of aliphatic imine (C=N–C) groups is 1. The van der Waals surface area contributed by atoms with Crippen LogP contribution in [-0.4, -0.2) is 26.1 Å². The molecule has 3 aromatic rings. The van der Waals surface area contributed by atoms with Gasteiger partial charge in [0.15, 0.2) is 0 Å². The lowest BCUT2D eigenvalue weighted by Crippen LogP contribution is -2.41. The topological polar surface area (TPSA) is 87.6 Å². The molecule has 1 saturated carbocycles. The van der Waals surface area contributed by atoms with Crippen molar-refractivity contribution in [3.05, 3.63) is 95.1 Å². The van der Waals surface area contributed by atoms with Crippen LogP contribution in [0.15, 0.2) is 82.7 Å². The highest BCUT2D eigenvalue weighted by Gasteiger charge is 2.30. The van der Waals surface area contributed by atoms with Crippen LogP contribution in [0.4, 0.5) is 5.69 Å². The van der Waals surface area contributed by atoms with E-state index in [0.29, 0.717) is 32.1 Å². The summed E-state index contributed by atoms with van der Waals surface area (Å²) >= 11 is 0. The molecule has 0 radical (unpaired) electrons. The first-order valence-electron chi connectivity index (χ1n) is 13.5. The fourth-order valence-corrected chi connectivity index (χ4v) is 6.75. The molecule has 7 heteroatoms. The number of hydrogen-bond acceptors (Lipinski definition) is 4. The van der Waals surface area contributed by atoms with Gasteiger partial charge in [0.1, 0.15) is 0 Å². The molecule has 6 nitrogen and oxygen atoms in total. The summed E-state index contributed by atoms with van der Waals surface area (Å²) in [6, 6.07) is 23.2. The van der Waals surface area contributed by atoms with E-state index in [9.17, 15) is 13.2 Å². The number of amides is 1. The minimum absolute atomic E-state index is 0.0431. The summed E-state index contributed by atoms with van der Waals surface area (Å²) in [7, 11) is -3.67. The smallest absolute Gasteiger partial charge is 0.240 e. The van der Waals surface area contributed by atoms with Crippen LogP contribution in [0, 0.1) is 5.92 Å². The summed E-state index contributed by atoms with van der Waals surface area (Å²) in [5, 5.41) is 3.11. The monoisotopic (exact) mass is 529 g/mol. The Labute approximate surface area is 225 Å². The minimum atomic E-state index is -3.67. The van der Waals surface area contributed by atoms with E-state index in [1.54, 1.807) is 18.2 Å². The average Bonchev–Trinajstić information content (AvgIpc) is 3.37. The zero-order valence-corrected chi connectivity index (χ0v) is 22.8. The maximum absolute atomic E-state index is 13.2. The molecule has 38 heavy (non-hydrogen) atoms. The number of fused-ring (bicyclic) bond motifs is 1. The lowest BCUT2D eigenvalue weighted by molar-refractivity contribution is -0.126. The maximum Gasteiger partial charge on any atom is 0.240 e. The molecule has 198 valence electrons. The van der Waals surface area contributed by atoms with Gasteiger partial charge < -0.3 is 5.32 Å². The number of nitrogens with one attached hydrogen (secondary N) is 2. The molecule has 3 aromatic carbocycles. The number of carbonyl (C=O) groups excluding carboxylic acids is 1. The van der Waals surface area contributed by atoms with Crippen molar-refractivity contribution in [3.63, 3.8) is 0 Å². The van der Waals surface area contributed by atoms with E-state index in [1.165, 1.54) is 5.56 Å². The molecule has 1 aliphatic heterocycles. The molecular formula is C31H35N3O3S. The number of sulfonamides is 1. The zero-order chi connectivity index (χ0) is 26.7. The van der Waals surface area contributed by atoms with Gasteiger partial charge >= 0.3 is 0 Å². The Morgan fingerprint density at radius 2 is 1.74 bits per heavy atom. The van der Waals surface area contributed by atoms with Crippen molar-refractivity contribution in [2.45, 2.75) is 69.4 Å². The van der Waals surface area contributed by atoms with Gasteiger partial charge in [0.05, 0.1) is 22.3 Å². The summed E-state index contributed by atoms with van der Waals surface area (Å²) in [5.74, 6) is -0.0507. The lowest BCUT2D eigenvalue weighted by Gasteiger charge is -2.29. The quantitative estimate of drug-likeness (QED) is 0.396. The third kappa shape index (κ3) is 5.89. The van der Waals surface area contributed by atoms with Crippen LogP contribution in [0.2, 0.25) is 0 Å². The van der Waals surface area contributed by atoms with E-state index in [2.05, 4.69) is 35.2 Å². The van der Waals surface area contributed by atoms with Gasteiger partial charge in [-0.1, -0.05) is 55.5 Å². The molecule has 0 bridgehead atoms. The Kier molecular flexibility index (Phi) is 7.77. The molecular weight excluding hydrogens is 494 g/mol. The van der Waals surface area contributed by atoms with Crippen molar-refractivity contribution >= 4 is 27.3 Å². The molecule has 5 rings (SSSR count). The van der Waals surface area contributed by atoms with Crippen LogP contribution in [0.3, 0.4) is 0 Å². The van der Waals surface area contributed by atoms with Gasteiger partial charge in [0.2, 0.25) is 15.9 Å². The Morgan fingerprint density at radius 1 is 0.974 bits per heavy atom. The van der Waals surface area contributed by atoms with Crippen molar-refractivity contribution in [3.8, 4) is 0 Å². The first kappa shape index (κ1) is 26.3.